The SMILES string of the molecule is O=C(Nc1cc(S(=O)(=O)N2CCCCC2)ccc1N1CCCCC1)c1ccc2c(c1)OCCO2. The van der Waals surface area contributed by atoms with E-state index in [2.05, 4.69) is 10.2 Å². The van der Waals surface area contributed by atoms with Gasteiger partial charge in [0.15, 0.2) is 11.5 Å². The van der Waals surface area contributed by atoms with E-state index in [9.17, 15) is 13.2 Å². The van der Waals surface area contributed by atoms with Crippen molar-refractivity contribution in [2.45, 2.75) is 43.4 Å². The summed E-state index contributed by atoms with van der Waals surface area (Å²) < 4.78 is 39.3. The quantitative estimate of drug-likeness (QED) is 0.692. The monoisotopic (exact) mass is 485 g/mol. The maximum absolute atomic E-state index is 13.3. The molecule has 2 aromatic carbocycles. The zero-order valence-corrected chi connectivity index (χ0v) is 20.1. The largest absolute Gasteiger partial charge is 0.486 e. The van der Waals surface area contributed by atoms with Gasteiger partial charge < -0.3 is 19.7 Å². The number of rotatable bonds is 5. The molecule has 9 heteroatoms. The summed E-state index contributed by atoms with van der Waals surface area (Å²) in [6, 6.07) is 10.2. The molecule has 3 heterocycles. The molecule has 0 atom stereocenters. The fourth-order valence-corrected chi connectivity index (χ4v) is 6.36. The molecule has 8 nitrogen and oxygen atoms in total. The fourth-order valence-electron chi connectivity index (χ4n) is 4.82. The van der Waals surface area contributed by atoms with Crippen molar-refractivity contribution in [2.75, 3.05) is 49.6 Å². The smallest absolute Gasteiger partial charge is 0.255 e. The number of carbonyl (C=O) groups excluding carboxylic acids is 1. The minimum Gasteiger partial charge on any atom is -0.486 e. The van der Waals surface area contributed by atoms with Crippen molar-refractivity contribution in [3.8, 4) is 11.5 Å². The molecule has 0 aromatic heterocycles. The topological polar surface area (TPSA) is 88.2 Å². The third-order valence-electron chi connectivity index (χ3n) is 6.67. The van der Waals surface area contributed by atoms with E-state index in [1.807, 2.05) is 6.07 Å². The Kier molecular flexibility index (Phi) is 6.65. The number of benzene rings is 2. The maximum atomic E-state index is 13.3. The first-order chi connectivity index (χ1) is 16.5. The number of carbonyl (C=O) groups is 1. The predicted molar refractivity (Wildman–Crippen MR) is 131 cm³/mol. The lowest BCUT2D eigenvalue weighted by molar-refractivity contribution is 0.102. The van der Waals surface area contributed by atoms with Crippen LogP contribution in [0.1, 0.15) is 48.9 Å². The van der Waals surface area contributed by atoms with Crippen LogP contribution in [0.4, 0.5) is 11.4 Å². The summed E-state index contributed by atoms with van der Waals surface area (Å²) in [7, 11) is -3.62. The highest BCUT2D eigenvalue weighted by molar-refractivity contribution is 7.89. The lowest BCUT2D eigenvalue weighted by atomic mass is 10.1. The molecule has 34 heavy (non-hydrogen) atoms. The van der Waals surface area contributed by atoms with Gasteiger partial charge in [-0.1, -0.05) is 6.42 Å². The van der Waals surface area contributed by atoms with Crippen molar-refractivity contribution in [1.29, 1.82) is 0 Å². The Labute approximate surface area is 200 Å². The third-order valence-corrected chi connectivity index (χ3v) is 8.56. The van der Waals surface area contributed by atoms with E-state index >= 15 is 0 Å². The van der Waals surface area contributed by atoms with Crippen molar-refractivity contribution in [1.82, 2.24) is 4.31 Å². The zero-order chi connectivity index (χ0) is 23.5. The van der Waals surface area contributed by atoms with Gasteiger partial charge in [-0.25, -0.2) is 8.42 Å². The average molecular weight is 486 g/mol. The number of anilines is 2. The minimum atomic E-state index is -3.62. The van der Waals surface area contributed by atoms with Crippen LogP contribution in [0.25, 0.3) is 0 Å². The molecule has 0 bridgehead atoms. The van der Waals surface area contributed by atoms with Gasteiger partial charge in [0.2, 0.25) is 10.0 Å². The van der Waals surface area contributed by atoms with E-state index < -0.39 is 10.0 Å². The highest BCUT2D eigenvalue weighted by atomic mass is 32.2. The van der Waals surface area contributed by atoms with Crippen LogP contribution in [0, 0.1) is 0 Å². The van der Waals surface area contributed by atoms with Crippen molar-refractivity contribution >= 4 is 27.3 Å². The molecule has 3 aliphatic heterocycles. The van der Waals surface area contributed by atoms with Crippen LogP contribution in [-0.4, -0.2) is 58.0 Å². The lowest BCUT2D eigenvalue weighted by Crippen LogP contribution is -2.35. The second-order valence-electron chi connectivity index (χ2n) is 9.00. The summed E-state index contributed by atoms with van der Waals surface area (Å²) in [4.78, 5) is 15.6. The van der Waals surface area contributed by atoms with Gasteiger partial charge in [0.25, 0.3) is 5.91 Å². The summed E-state index contributed by atoms with van der Waals surface area (Å²) >= 11 is 0. The summed E-state index contributed by atoms with van der Waals surface area (Å²) in [5, 5.41) is 2.99. The first-order valence-corrected chi connectivity index (χ1v) is 13.6. The van der Waals surface area contributed by atoms with E-state index in [-0.39, 0.29) is 10.8 Å². The van der Waals surface area contributed by atoms with Crippen molar-refractivity contribution in [2.24, 2.45) is 0 Å². The van der Waals surface area contributed by atoms with Gasteiger partial charge in [0.05, 0.1) is 16.3 Å². The van der Waals surface area contributed by atoms with Crippen molar-refractivity contribution < 1.29 is 22.7 Å². The molecule has 0 unspecified atom stereocenters. The summed E-state index contributed by atoms with van der Waals surface area (Å²) in [6.45, 7) is 3.75. The second kappa shape index (κ2) is 9.84. The number of ether oxygens (including phenoxy) is 2. The fraction of sp³-hybridized carbons (Fsp3) is 0.480. The Morgan fingerprint density at radius 3 is 2.21 bits per heavy atom. The number of fused-ring (bicyclic) bond motifs is 1. The van der Waals surface area contributed by atoms with E-state index in [0.717, 1.165) is 50.9 Å². The van der Waals surface area contributed by atoms with Crippen LogP contribution in [0.2, 0.25) is 0 Å². The van der Waals surface area contributed by atoms with Crippen LogP contribution in [0.5, 0.6) is 11.5 Å². The molecule has 0 saturated carbocycles. The normalized spacial score (nSPS) is 19.0. The number of amides is 1. The summed E-state index contributed by atoms with van der Waals surface area (Å²) in [5.41, 5.74) is 1.79. The molecule has 3 aliphatic rings. The van der Waals surface area contributed by atoms with E-state index in [4.69, 9.17) is 9.47 Å². The molecule has 0 radical (unpaired) electrons. The molecule has 1 amide bonds. The van der Waals surface area contributed by atoms with Crippen LogP contribution in [0.3, 0.4) is 0 Å². The van der Waals surface area contributed by atoms with Gasteiger partial charge in [-0.3, -0.25) is 4.79 Å². The molecule has 2 saturated heterocycles. The molecule has 2 aromatic rings. The summed E-state index contributed by atoms with van der Waals surface area (Å²) in [6.07, 6.45) is 6.12. The standard InChI is InChI=1S/C25H31N3O5S/c29-25(19-7-10-23-24(17-19)33-16-15-32-23)26-21-18-20(34(30,31)28-13-5-2-6-14-28)8-9-22(21)27-11-3-1-4-12-27/h7-10,17-18H,1-6,11-16H2,(H,26,29). The van der Waals surface area contributed by atoms with Gasteiger partial charge in [-0.15, -0.1) is 0 Å². The van der Waals surface area contributed by atoms with Crippen LogP contribution < -0.4 is 19.7 Å². The number of sulfonamides is 1. The van der Waals surface area contributed by atoms with E-state index in [1.165, 1.54) is 6.42 Å². The molecule has 2 fully saturated rings. The maximum Gasteiger partial charge on any atom is 0.255 e. The van der Waals surface area contributed by atoms with Gasteiger partial charge in [-0.2, -0.15) is 4.31 Å². The molecule has 182 valence electrons. The number of nitrogens with one attached hydrogen (secondary N) is 1. The lowest BCUT2D eigenvalue weighted by Gasteiger charge is -2.31. The summed E-state index contributed by atoms with van der Waals surface area (Å²) in [5.74, 6) is 0.839. The third kappa shape index (κ3) is 4.72. The van der Waals surface area contributed by atoms with Crippen LogP contribution >= 0.6 is 0 Å². The Balaban J connectivity index is 1.46. The first kappa shape index (κ1) is 23.0. The number of nitrogens with zero attached hydrogens (tertiary/aromatic N) is 2. The Bertz CT molecular complexity index is 1160. The molecule has 5 rings (SSSR count). The Morgan fingerprint density at radius 2 is 1.47 bits per heavy atom. The molecule has 0 spiro atoms. The Morgan fingerprint density at radius 1 is 0.794 bits per heavy atom. The van der Waals surface area contributed by atoms with E-state index in [1.54, 1.807) is 34.6 Å². The molecule has 0 aliphatic carbocycles. The average Bonchev–Trinajstić information content (AvgIpc) is 2.89. The minimum absolute atomic E-state index is 0.215. The first-order valence-electron chi connectivity index (χ1n) is 12.1. The number of hydrogen-bond donors (Lipinski definition) is 1. The van der Waals surface area contributed by atoms with Gasteiger partial charge in [0, 0.05) is 31.7 Å². The highest BCUT2D eigenvalue weighted by Gasteiger charge is 2.28. The van der Waals surface area contributed by atoms with Gasteiger partial charge >= 0.3 is 0 Å². The molecule has 1 N–H and O–H groups in total. The predicted octanol–water partition coefficient (Wildman–Crippen LogP) is 3.88. The Hall–Kier alpha value is -2.78. The van der Waals surface area contributed by atoms with Crippen LogP contribution in [0.15, 0.2) is 41.3 Å². The number of hydrogen-bond acceptors (Lipinski definition) is 6. The van der Waals surface area contributed by atoms with Crippen molar-refractivity contribution in [3.63, 3.8) is 0 Å². The second-order valence-corrected chi connectivity index (χ2v) is 10.9. The van der Waals surface area contributed by atoms with Crippen LogP contribution in [-0.2, 0) is 10.0 Å². The highest BCUT2D eigenvalue weighted by Crippen LogP contribution is 2.34. The molecular weight excluding hydrogens is 454 g/mol. The van der Waals surface area contributed by atoms with Gasteiger partial charge in [-0.05, 0) is 68.5 Å². The molecular formula is C25H31N3O5S. The van der Waals surface area contributed by atoms with Gasteiger partial charge in [0.1, 0.15) is 13.2 Å². The zero-order valence-electron chi connectivity index (χ0n) is 19.3. The van der Waals surface area contributed by atoms with E-state index in [0.29, 0.717) is 49.1 Å². The van der Waals surface area contributed by atoms with Crippen molar-refractivity contribution in [3.05, 3.63) is 42.0 Å². The number of piperidine rings is 2.